The van der Waals surface area contributed by atoms with E-state index < -0.39 is 12.0 Å². The normalized spacial score (nSPS) is 17.0. The topological polar surface area (TPSA) is 69.0 Å². The predicted octanol–water partition coefficient (Wildman–Crippen LogP) is 2.78. The van der Waals surface area contributed by atoms with Crippen molar-refractivity contribution in [2.45, 2.75) is 19.4 Å². The molecule has 0 aliphatic carbocycles. The second-order valence-electron chi connectivity index (χ2n) is 4.81. The Morgan fingerprint density at radius 3 is 2.91 bits per heavy atom. The van der Waals surface area contributed by atoms with Crippen LogP contribution in [0.15, 0.2) is 41.9 Å². The molecule has 1 aliphatic heterocycles. The quantitative estimate of drug-likeness (QED) is 0.881. The number of methoxy groups -OCH3 is 1. The fourth-order valence-corrected chi connectivity index (χ4v) is 2.86. The van der Waals surface area contributed by atoms with Gasteiger partial charge in [0, 0.05) is 16.3 Å². The number of rotatable bonds is 3. The van der Waals surface area contributed by atoms with Gasteiger partial charge in [0.1, 0.15) is 12.4 Å². The zero-order valence-corrected chi connectivity index (χ0v) is 13.0. The number of nitrogens with zero attached hydrogens (tertiary/aromatic N) is 3. The van der Waals surface area contributed by atoms with Gasteiger partial charge in [-0.15, -0.1) is 0 Å². The molecule has 6 nitrogen and oxygen atoms in total. The van der Waals surface area contributed by atoms with E-state index in [2.05, 4.69) is 15.4 Å². The van der Waals surface area contributed by atoms with E-state index in [0.29, 0.717) is 23.0 Å². The predicted molar refractivity (Wildman–Crippen MR) is 82.6 cm³/mol. The number of allylic oxidation sites excluding steroid dienone is 1. The van der Waals surface area contributed by atoms with E-state index in [0.717, 1.165) is 11.3 Å². The molecule has 1 N–H and O–H groups in total. The maximum atomic E-state index is 12.3. The molecule has 1 atom stereocenters. The molecule has 1 aromatic carbocycles. The van der Waals surface area contributed by atoms with Gasteiger partial charge in [0.25, 0.3) is 0 Å². The van der Waals surface area contributed by atoms with E-state index in [1.807, 2.05) is 25.1 Å². The van der Waals surface area contributed by atoms with Crippen molar-refractivity contribution in [1.82, 2.24) is 14.8 Å². The van der Waals surface area contributed by atoms with Gasteiger partial charge in [0.15, 0.2) is 0 Å². The first-order valence-electron chi connectivity index (χ1n) is 6.89. The summed E-state index contributed by atoms with van der Waals surface area (Å²) in [5.41, 5.74) is 2.04. The Hall–Kier alpha value is -2.34. The molecule has 0 saturated heterocycles. The number of carbonyl (C=O) groups excluding carboxylic acids is 1. The molecule has 2 heterocycles. The number of ether oxygens (including phenoxy) is 1. The summed E-state index contributed by atoms with van der Waals surface area (Å²) in [4.78, 5) is 16.5. The molecular formula is C15H15ClN4O2. The van der Waals surface area contributed by atoms with Gasteiger partial charge >= 0.3 is 5.97 Å². The molecule has 1 unspecified atom stereocenters. The zero-order valence-electron chi connectivity index (χ0n) is 12.2. The van der Waals surface area contributed by atoms with Crippen LogP contribution in [0.5, 0.6) is 0 Å². The van der Waals surface area contributed by atoms with E-state index in [-0.39, 0.29) is 0 Å². The highest BCUT2D eigenvalue weighted by molar-refractivity contribution is 6.31. The van der Waals surface area contributed by atoms with Crippen LogP contribution >= 0.6 is 11.6 Å². The summed E-state index contributed by atoms with van der Waals surface area (Å²) < 4.78 is 6.61. The number of benzene rings is 1. The summed E-state index contributed by atoms with van der Waals surface area (Å²) in [7, 11) is 1.36. The largest absolute Gasteiger partial charge is 0.466 e. The van der Waals surface area contributed by atoms with Crippen molar-refractivity contribution in [1.29, 1.82) is 0 Å². The Bertz CT molecular complexity index is 754. The lowest BCUT2D eigenvalue weighted by Crippen LogP contribution is -2.30. The smallest absolute Gasteiger partial charge is 0.338 e. The van der Waals surface area contributed by atoms with Gasteiger partial charge in [-0.25, -0.2) is 9.48 Å². The van der Waals surface area contributed by atoms with E-state index in [1.54, 1.807) is 10.7 Å². The summed E-state index contributed by atoms with van der Waals surface area (Å²) >= 11 is 6.34. The van der Waals surface area contributed by atoms with Crippen molar-refractivity contribution in [3.63, 3.8) is 0 Å². The molecule has 2 aromatic rings. The SMILES string of the molecule is CCC1=C(C(=O)OC)C(c2ccccc2Cl)n2ncnc2N1. The monoisotopic (exact) mass is 318 g/mol. The number of halogens is 1. The molecule has 114 valence electrons. The fourth-order valence-electron chi connectivity index (χ4n) is 2.63. The standard InChI is InChI=1S/C15H15ClN4O2/c1-3-11-12(14(21)22-2)13(9-6-4-5-7-10(9)16)20-15(19-11)17-8-18-20/h4-8,13H,3H2,1-2H3,(H,17,18,19). The Labute approximate surface area is 132 Å². The number of esters is 1. The summed E-state index contributed by atoms with van der Waals surface area (Å²) in [5, 5.41) is 7.93. The van der Waals surface area contributed by atoms with Crippen LogP contribution in [0.3, 0.4) is 0 Å². The lowest BCUT2D eigenvalue weighted by molar-refractivity contribution is -0.136. The number of hydrogen-bond acceptors (Lipinski definition) is 5. The number of carbonyl (C=O) groups is 1. The molecule has 1 aliphatic rings. The van der Waals surface area contributed by atoms with Crippen molar-refractivity contribution in [2.75, 3.05) is 12.4 Å². The van der Waals surface area contributed by atoms with Gasteiger partial charge in [0.05, 0.1) is 12.7 Å². The number of hydrogen-bond donors (Lipinski definition) is 1. The third kappa shape index (κ3) is 2.25. The molecule has 0 bridgehead atoms. The molecule has 7 heteroatoms. The molecule has 0 spiro atoms. The molecule has 3 rings (SSSR count). The Balaban J connectivity index is 2.25. The van der Waals surface area contributed by atoms with Crippen LogP contribution in [0.4, 0.5) is 5.95 Å². The number of aromatic nitrogens is 3. The summed E-state index contributed by atoms with van der Waals surface area (Å²) in [6, 6.07) is 6.92. The lowest BCUT2D eigenvalue weighted by atomic mass is 9.94. The fraction of sp³-hybridized carbons (Fsp3) is 0.267. The van der Waals surface area contributed by atoms with E-state index >= 15 is 0 Å². The van der Waals surface area contributed by atoms with Gasteiger partial charge in [-0.1, -0.05) is 36.7 Å². The first kappa shape index (κ1) is 14.6. The minimum atomic E-state index is -0.463. The zero-order chi connectivity index (χ0) is 15.7. The Morgan fingerprint density at radius 1 is 1.45 bits per heavy atom. The number of fused-ring (bicyclic) bond motifs is 1. The van der Waals surface area contributed by atoms with E-state index in [4.69, 9.17) is 16.3 Å². The number of nitrogens with one attached hydrogen (secondary N) is 1. The molecular weight excluding hydrogens is 304 g/mol. The first-order chi connectivity index (χ1) is 10.7. The Morgan fingerprint density at radius 2 is 2.23 bits per heavy atom. The van der Waals surface area contributed by atoms with Crippen LogP contribution in [0.2, 0.25) is 5.02 Å². The van der Waals surface area contributed by atoms with Crippen LogP contribution in [0, 0.1) is 0 Å². The lowest BCUT2D eigenvalue weighted by Gasteiger charge is -2.29. The highest BCUT2D eigenvalue weighted by Gasteiger charge is 2.35. The molecule has 0 radical (unpaired) electrons. The van der Waals surface area contributed by atoms with Crippen LogP contribution in [-0.4, -0.2) is 27.8 Å². The van der Waals surface area contributed by atoms with Gasteiger partial charge in [0.2, 0.25) is 5.95 Å². The van der Waals surface area contributed by atoms with Gasteiger partial charge < -0.3 is 10.1 Å². The highest BCUT2D eigenvalue weighted by Crippen LogP contribution is 2.38. The second-order valence-corrected chi connectivity index (χ2v) is 5.22. The van der Waals surface area contributed by atoms with Crippen molar-refractivity contribution >= 4 is 23.5 Å². The van der Waals surface area contributed by atoms with Crippen LogP contribution in [0.1, 0.15) is 24.9 Å². The summed E-state index contributed by atoms with van der Waals surface area (Å²) in [6.07, 6.45) is 2.08. The van der Waals surface area contributed by atoms with Crippen molar-refractivity contribution < 1.29 is 9.53 Å². The third-order valence-corrected chi connectivity index (χ3v) is 3.98. The van der Waals surface area contributed by atoms with Gasteiger partial charge in [-0.2, -0.15) is 10.1 Å². The van der Waals surface area contributed by atoms with Crippen molar-refractivity contribution in [3.05, 3.63) is 52.4 Å². The molecule has 0 amide bonds. The minimum absolute atomic E-state index is 0.407. The van der Waals surface area contributed by atoms with Crippen LogP contribution in [-0.2, 0) is 9.53 Å². The van der Waals surface area contributed by atoms with E-state index in [1.165, 1.54) is 13.4 Å². The molecule has 0 fully saturated rings. The van der Waals surface area contributed by atoms with Crippen LogP contribution in [0.25, 0.3) is 0 Å². The molecule has 22 heavy (non-hydrogen) atoms. The average Bonchev–Trinajstić information content (AvgIpc) is 3.01. The van der Waals surface area contributed by atoms with Crippen molar-refractivity contribution in [3.8, 4) is 0 Å². The number of anilines is 1. The maximum absolute atomic E-state index is 12.3. The average molecular weight is 319 g/mol. The second kappa shape index (κ2) is 5.81. The van der Waals surface area contributed by atoms with Gasteiger partial charge in [-0.05, 0) is 12.5 Å². The van der Waals surface area contributed by atoms with Crippen LogP contribution < -0.4 is 5.32 Å². The van der Waals surface area contributed by atoms with Crippen molar-refractivity contribution in [2.24, 2.45) is 0 Å². The third-order valence-electron chi connectivity index (χ3n) is 3.64. The summed E-state index contributed by atoms with van der Waals surface area (Å²) in [5.74, 6) is 0.171. The minimum Gasteiger partial charge on any atom is -0.466 e. The maximum Gasteiger partial charge on any atom is 0.338 e. The Kier molecular flexibility index (Phi) is 3.85. The molecule has 0 saturated carbocycles. The van der Waals surface area contributed by atoms with Gasteiger partial charge in [-0.3, -0.25) is 0 Å². The summed E-state index contributed by atoms with van der Waals surface area (Å²) in [6.45, 7) is 1.96. The van der Waals surface area contributed by atoms with E-state index in [9.17, 15) is 4.79 Å². The molecule has 1 aromatic heterocycles. The first-order valence-corrected chi connectivity index (χ1v) is 7.27. The highest BCUT2D eigenvalue weighted by atomic mass is 35.5.